The fourth-order valence-corrected chi connectivity index (χ4v) is 2.28. The number of amides is 1. The SMILES string of the molecule is O=C(CC1=CCNCC1)N1CCCCC1. The van der Waals surface area contributed by atoms with E-state index in [1.54, 1.807) is 0 Å². The van der Waals surface area contributed by atoms with E-state index >= 15 is 0 Å². The van der Waals surface area contributed by atoms with Gasteiger partial charge in [0.05, 0.1) is 0 Å². The Kier molecular flexibility index (Phi) is 3.78. The van der Waals surface area contributed by atoms with Crippen LogP contribution >= 0.6 is 0 Å². The molecule has 2 heterocycles. The normalized spacial score (nSPS) is 22.4. The number of carbonyl (C=O) groups excluding carboxylic acids is 1. The van der Waals surface area contributed by atoms with Crippen molar-refractivity contribution in [2.24, 2.45) is 0 Å². The van der Waals surface area contributed by atoms with E-state index in [2.05, 4.69) is 11.4 Å². The maximum Gasteiger partial charge on any atom is 0.226 e. The van der Waals surface area contributed by atoms with Crippen LogP contribution in [0, 0.1) is 0 Å². The first kappa shape index (κ1) is 10.7. The molecule has 0 bridgehead atoms. The second-order valence-corrected chi connectivity index (χ2v) is 4.43. The average Bonchev–Trinajstić information content (AvgIpc) is 2.31. The molecule has 84 valence electrons. The summed E-state index contributed by atoms with van der Waals surface area (Å²) in [6.07, 6.45) is 7.53. The topological polar surface area (TPSA) is 32.3 Å². The quantitative estimate of drug-likeness (QED) is 0.694. The molecule has 0 unspecified atom stereocenters. The largest absolute Gasteiger partial charge is 0.342 e. The number of carbonyl (C=O) groups is 1. The van der Waals surface area contributed by atoms with Crippen LogP contribution in [0.1, 0.15) is 32.1 Å². The number of nitrogens with zero attached hydrogens (tertiary/aromatic N) is 1. The summed E-state index contributed by atoms with van der Waals surface area (Å²) in [6, 6.07) is 0. The molecule has 2 aliphatic heterocycles. The van der Waals surface area contributed by atoms with Gasteiger partial charge in [0.1, 0.15) is 0 Å². The number of likely N-dealkylation sites (tertiary alicyclic amines) is 1. The Balaban J connectivity index is 1.82. The molecule has 2 rings (SSSR count). The summed E-state index contributed by atoms with van der Waals surface area (Å²) in [4.78, 5) is 14.0. The van der Waals surface area contributed by atoms with E-state index in [4.69, 9.17) is 0 Å². The zero-order valence-electron chi connectivity index (χ0n) is 9.30. The Morgan fingerprint density at radius 2 is 2.13 bits per heavy atom. The van der Waals surface area contributed by atoms with Crippen molar-refractivity contribution in [1.29, 1.82) is 0 Å². The van der Waals surface area contributed by atoms with E-state index in [0.29, 0.717) is 12.3 Å². The van der Waals surface area contributed by atoms with Crippen LogP contribution in [0.15, 0.2) is 11.6 Å². The maximum atomic E-state index is 11.9. The summed E-state index contributed by atoms with van der Waals surface area (Å²) in [7, 11) is 0. The predicted molar refractivity (Wildman–Crippen MR) is 60.6 cm³/mol. The van der Waals surface area contributed by atoms with Crippen molar-refractivity contribution < 1.29 is 4.79 Å². The van der Waals surface area contributed by atoms with E-state index in [1.165, 1.54) is 24.8 Å². The number of hydrogen-bond donors (Lipinski definition) is 1. The molecule has 0 aromatic heterocycles. The molecule has 1 N–H and O–H groups in total. The molecule has 0 aromatic rings. The standard InChI is InChI=1S/C12H20N2O/c15-12(14-8-2-1-3-9-14)10-11-4-6-13-7-5-11/h4,13H,1-3,5-10H2. The number of piperidine rings is 1. The van der Waals surface area contributed by atoms with Crippen LogP contribution in [0.25, 0.3) is 0 Å². The van der Waals surface area contributed by atoms with E-state index in [-0.39, 0.29) is 0 Å². The summed E-state index contributed by atoms with van der Waals surface area (Å²) in [5.41, 5.74) is 1.32. The minimum absolute atomic E-state index is 0.336. The monoisotopic (exact) mass is 208 g/mol. The fourth-order valence-electron chi connectivity index (χ4n) is 2.28. The van der Waals surface area contributed by atoms with Gasteiger partial charge in [-0.05, 0) is 32.2 Å². The van der Waals surface area contributed by atoms with Crippen LogP contribution in [0.4, 0.5) is 0 Å². The summed E-state index contributed by atoms with van der Waals surface area (Å²) >= 11 is 0. The zero-order valence-corrected chi connectivity index (χ0v) is 9.30. The highest BCUT2D eigenvalue weighted by atomic mass is 16.2. The summed E-state index contributed by atoms with van der Waals surface area (Å²) in [6.45, 7) is 3.91. The number of rotatable bonds is 2. The molecule has 2 aliphatic rings. The molecule has 0 aliphatic carbocycles. The summed E-state index contributed by atoms with van der Waals surface area (Å²) in [5, 5.41) is 3.27. The Hall–Kier alpha value is -0.830. The van der Waals surface area contributed by atoms with Crippen LogP contribution in [-0.2, 0) is 4.79 Å². The minimum atomic E-state index is 0.336. The van der Waals surface area contributed by atoms with Gasteiger partial charge in [-0.1, -0.05) is 11.6 Å². The van der Waals surface area contributed by atoms with Crippen molar-refractivity contribution in [3.8, 4) is 0 Å². The first-order valence-corrected chi connectivity index (χ1v) is 6.02. The lowest BCUT2D eigenvalue weighted by Gasteiger charge is -2.27. The molecule has 0 radical (unpaired) electrons. The fraction of sp³-hybridized carbons (Fsp3) is 0.750. The van der Waals surface area contributed by atoms with Crippen LogP contribution < -0.4 is 5.32 Å². The first-order valence-electron chi connectivity index (χ1n) is 6.02. The molecule has 3 nitrogen and oxygen atoms in total. The third-order valence-electron chi connectivity index (χ3n) is 3.25. The van der Waals surface area contributed by atoms with Gasteiger partial charge in [0, 0.05) is 26.1 Å². The first-order chi connectivity index (χ1) is 7.36. The number of nitrogens with one attached hydrogen (secondary N) is 1. The predicted octanol–water partition coefficient (Wildman–Crippen LogP) is 1.31. The van der Waals surface area contributed by atoms with Crippen LogP contribution in [0.5, 0.6) is 0 Å². The molecule has 0 saturated carbocycles. The van der Waals surface area contributed by atoms with Crippen molar-refractivity contribution in [3.63, 3.8) is 0 Å². The lowest BCUT2D eigenvalue weighted by atomic mass is 10.0. The number of hydrogen-bond acceptors (Lipinski definition) is 2. The van der Waals surface area contributed by atoms with Gasteiger partial charge < -0.3 is 10.2 Å². The lowest BCUT2D eigenvalue weighted by molar-refractivity contribution is -0.131. The molecule has 1 amide bonds. The molecule has 15 heavy (non-hydrogen) atoms. The second kappa shape index (κ2) is 5.31. The summed E-state index contributed by atoms with van der Waals surface area (Å²) < 4.78 is 0. The Morgan fingerprint density at radius 3 is 2.80 bits per heavy atom. The third-order valence-corrected chi connectivity index (χ3v) is 3.25. The minimum Gasteiger partial charge on any atom is -0.342 e. The van der Waals surface area contributed by atoms with Gasteiger partial charge in [-0.3, -0.25) is 4.79 Å². The highest BCUT2D eigenvalue weighted by Crippen LogP contribution is 2.15. The molecule has 0 aromatic carbocycles. The second-order valence-electron chi connectivity index (χ2n) is 4.43. The average molecular weight is 208 g/mol. The highest BCUT2D eigenvalue weighted by molar-refractivity contribution is 5.78. The Labute approximate surface area is 91.5 Å². The van der Waals surface area contributed by atoms with Crippen molar-refractivity contribution in [3.05, 3.63) is 11.6 Å². The van der Waals surface area contributed by atoms with Crippen molar-refractivity contribution >= 4 is 5.91 Å². The van der Waals surface area contributed by atoms with E-state index in [0.717, 1.165) is 32.6 Å². The van der Waals surface area contributed by atoms with Gasteiger partial charge in [-0.2, -0.15) is 0 Å². The van der Waals surface area contributed by atoms with Crippen molar-refractivity contribution in [2.45, 2.75) is 32.1 Å². The lowest BCUT2D eigenvalue weighted by Crippen LogP contribution is -2.36. The van der Waals surface area contributed by atoms with Gasteiger partial charge in [0.2, 0.25) is 5.91 Å². The van der Waals surface area contributed by atoms with Gasteiger partial charge in [-0.15, -0.1) is 0 Å². The molecule has 0 spiro atoms. The Bertz CT molecular complexity index is 254. The third kappa shape index (κ3) is 3.06. The van der Waals surface area contributed by atoms with Crippen LogP contribution in [0.2, 0.25) is 0 Å². The summed E-state index contributed by atoms with van der Waals surface area (Å²) in [5.74, 6) is 0.336. The van der Waals surface area contributed by atoms with E-state index in [9.17, 15) is 4.79 Å². The highest BCUT2D eigenvalue weighted by Gasteiger charge is 2.17. The smallest absolute Gasteiger partial charge is 0.226 e. The van der Waals surface area contributed by atoms with E-state index < -0.39 is 0 Å². The van der Waals surface area contributed by atoms with Gasteiger partial charge >= 0.3 is 0 Å². The van der Waals surface area contributed by atoms with Crippen molar-refractivity contribution in [2.75, 3.05) is 26.2 Å². The molecular formula is C12H20N2O. The van der Waals surface area contributed by atoms with Gasteiger partial charge in [0.15, 0.2) is 0 Å². The Morgan fingerprint density at radius 1 is 1.33 bits per heavy atom. The van der Waals surface area contributed by atoms with Crippen molar-refractivity contribution in [1.82, 2.24) is 10.2 Å². The van der Waals surface area contributed by atoms with Gasteiger partial charge in [0.25, 0.3) is 0 Å². The van der Waals surface area contributed by atoms with Crippen LogP contribution in [-0.4, -0.2) is 37.0 Å². The maximum absolute atomic E-state index is 11.9. The molecule has 3 heteroatoms. The molecular weight excluding hydrogens is 188 g/mol. The van der Waals surface area contributed by atoms with E-state index in [1.807, 2.05) is 4.90 Å². The zero-order chi connectivity index (χ0) is 10.5. The molecule has 1 fully saturated rings. The molecule has 0 atom stereocenters. The van der Waals surface area contributed by atoms with Gasteiger partial charge in [-0.25, -0.2) is 0 Å². The van der Waals surface area contributed by atoms with Crippen LogP contribution in [0.3, 0.4) is 0 Å². The molecule has 1 saturated heterocycles.